The van der Waals surface area contributed by atoms with E-state index in [1.807, 2.05) is 57.9 Å². The van der Waals surface area contributed by atoms with Crippen LogP contribution in [0, 0.1) is 0 Å². The summed E-state index contributed by atoms with van der Waals surface area (Å²) in [6.07, 6.45) is -0.137. The van der Waals surface area contributed by atoms with Crippen molar-refractivity contribution in [3.05, 3.63) is 94.3 Å². The van der Waals surface area contributed by atoms with E-state index in [1.165, 1.54) is 30.6 Å². The summed E-state index contributed by atoms with van der Waals surface area (Å²) in [5.74, 6) is -0.412. The molecule has 2 heterocycles. The van der Waals surface area contributed by atoms with Crippen molar-refractivity contribution >= 4 is 50.7 Å². The summed E-state index contributed by atoms with van der Waals surface area (Å²) in [5.41, 5.74) is 2.49. The fourth-order valence-corrected chi connectivity index (χ4v) is 5.94. The van der Waals surface area contributed by atoms with Gasteiger partial charge in [0.05, 0.1) is 29.4 Å². The Labute approximate surface area is 234 Å². The molecule has 0 radical (unpaired) electrons. The zero-order chi connectivity index (χ0) is 27.8. The molecule has 2 aromatic carbocycles. The number of alkyl carbamates (subject to hydrolysis) is 1. The number of nitrogens with one attached hydrogen (secondary N) is 3. The number of thiophene rings is 1. The van der Waals surface area contributed by atoms with Crippen molar-refractivity contribution in [1.29, 1.82) is 0 Å². The normalized spacial score (nSPS) is 12.8. The summed E-state index contributed by atoms with van der Waals surface area (Å²) in [7, 11) is -3.16. The number of anilines is 1. The van der Waals surface area contributed by atoms with Crippen LogP contribution in [0.25, 0.3) is 9.88 Å². The van der Waals surface area contributed by atoms with Crippen LogP contribution in [0.2, 0.25) is 0 Å². The van der Waals surface area contributed by atoms with E-state index in [1.54, 1.807) is 23.5 Å². The topological polar surface area (TPSA) is 147 Å². The van der Waals surface area contributed by atoms with Crippen molar-refractivity contribution in [3.63, 3.8) is 0 Å². The standard InChI is InChI=1S/C26H26N4O6S3/c1-36-26(32)29-21(15-17-6-3-2-4-7-17)24(31)27-20(22-16-38-25(28-22)23-8-5-13-37-23)14-18-9-11-19(12-10-18)30-39(33,34)35/h2-13,16,20-21,30H,14-15H2,1H3,(H,27,31)(H,29,32)(H,33,34,35)/t20-,21?/m1/s1. The minimum absolute atomic E-state index is 0.195. The number of methoxy groups -OCH3 is 1. The Hall–Kier alpha value is -3.78. The Morgan fingerprint density at radius 1 is 0.949 bits per heavy atom. The highest BCUT2D eigenvalue weighted by Crippen LogP contribution is 2.31. The van der Waals surface area contributed by atoms with Crippen molar-refractivity contribution in [2.24, 2.45) is 0 Å². The van der Waals surface area contributed by atoms with Crippen LogP contribution in [0.1, 0.15) is 22.9 Å². The van der Waals surface area contributed by atoms with Gasteiger partial charge in [-0.2, -0.15) is 8.42 Å². The second-order valence-corrected chi connectivity index (χ2v) is 11.4. The third kappa shape index (κ3) is 8.35. The first kappa shape index (κ1) is 28.2. The molecule has 39 heavy (non-hydrogen) atoms. The summed E-state index contributed by atoms with van der Waals surface area (Å²) in [6.45, 7) is 0. The number of thiazole rings is 1. The molecule has 4 rings (SSSR count). The zero-order valence-electron chi connectivity index (χ0n) is 20.7. The number of hydrogen-bond acceptors (Lipinski definition) is 8. The van der Waals surface area contributed by atoms with Gasteiger partial charge in [0.15, 0.2) is 0 Å². The first-order chi connectivity index (χ1) is 18.7. The third-order valence-corrected chi connectivity index (χ3v) is 8.04. The van der Waals surface area contributed by atoms with Gasteiger partial charge in [0.2, 0.25) is 5.91 Å². The minimum atomic E-state index is -4.40. The largest absolute Gasteiger partial charge is 0.453 e. The molecule has 2 aromatic heterocycles. The van der Waals surface area contributed by atoms with Gasteiger partial charge in [0, 0.05) is 11.8 Å². The van der Waals surface area contributed by atoms with Crippen molar-refractivity contribution < 1.29 is 27.3 Å². The van der Waals surface area contributed by atoms with E-state index in [4.69, 9.17) is 14.3 Å². The van der Waals surface area contributed by atoms with Gasteiger partial charge in [-0.05, 0) is 41.1 Å². The second-order valence-electron chi connectivity index (χ2n) is 8.47. The van der Waals surface area contributed by atoms with E-state index >= 15 is 0 Å². The molecule has 204 valence electrons. The number of rotatable bonds is 11. The number of carbonyl (C=O) groups excluding carboxylic acids is 2. The van der Waals surface area contributed by atoms with E-state index in [0.717, 1.165) is 21.0 Å². The molecule has 0 fully saturated rings. The van der Waals surface area contributed by atoms with Crippen LogP contribution < -0.4 is 15.4 Å². The molecule has 0 aliphatic carbocycles. The van der Waals surface area contributed by atoms with Crippen molar-refractivity contribution in [2.45, 2.75) is 24.9 Å². The lowest BCUT2D eigenvalue weighted by molar-refractivity contribution is -0.123. The van der Waals surface area contributed by atoms with E-state index in [0.29, 0.717) is 12.1 Å². The van der Waals surface area contributed by atoms with Gasteiger partial charge in [-0.1, -0.05) is 48.5 Å². The predicted octanol–water partition coefficient (Wildman–Crippen LogP) is 4.45. The summed E-state index contributed by atoms with van der Waals surface area (Å²) >= 11 is 3.02. The average Bonchev–Trinajstić information content (AvgIpc) is 3.61. The Morgan fingerprint density at radius 2 is 1.67 bits per heavy atom. The van der Waals surface area contributed by atoms with Crippen LogP contribution in [0.4, 0.5) is 10.5 Å². The van der Waals surface area contributed by atoms with Crippen molar-refractivity contribution in [1.82, 2.24) is 15.6 Å². The molecule has 4 N–H and O–H groups in total. The van der Waals surface area contributed by atoms with Gasteiger partial charge in [0.1, 0.15) is 11.0 Å². The summed E-state index contributed by atoms with van der Waals surface area (Å²) in [6, 6.07) is 18.2. The zero-order valence-corrected chi connectivity index (χ0v) is 23.2. The summed E-state index contributed by atoms with van der Waals surface area (Å²) < 4.78 is 38.0. The maximum absolute atomic E-state index is 13.5. The minimum Gasteiger partial charge on any atom is -0.453 e. The number of aromatic nitrogens is 1. The van der Waals surface area contributed by atoms with E-state index in [-0.39, 0.29) is 12.1 Å². The van der Waals surface area contributed by atoms with Gasteiger partial charge >= 0.3 is 16.4 Å². The van der Waals surface area contributed by atoms with Crippen molar-refractivity contribution in [2.75, 3.05) is 11.8 Å². The Balaban J connectivity index is 1.59. The van der Waals surface area contributed by atoms with E-state index in [2.05, 4.69) is 10.6 Å². The fraction of sp³-hybridized carbons (Fsp3) is 0.192. The molecule has 0 spiro atoms. The first-order valence-corrected chi connectivity index (χ1v) is 14.9. The van der Waals surface area contributed by atoms with Crippen LogP contribution in [0.15, 0.2) is 77.5 Å². The molecule has 1 unspecified atom stereocenters. The molecular weight excluding hydrogens is 561 g/mol. The van der Waals surface area contributed by atoms with Crippen LogP contribution in [0.5, 0.6) is 0 Å². The number of ether oxygens (including phenoxy) is 1. The molecule has 0 saturated carbocycles. The highest BCUT2D eigenvalue weighted by Gasteiger charge is 2.26. The van der Waals surface area contributed by atoms with Crippen molar-refractivity contribution in [3.8, 4) is 9.88 Å². The van der Waals surface area contributed by atoms with E-state index in [9.17, 15) is 18.0 Å². The molecule has 4 aromatic rings. The molecule has 2 amide bonds. The number of amides is 2. The second kappa shape index (κ2) is 12.8. The third-order valence-electron chi connectivity index (χ3n) is 5.64. The summed E-state index contributed by atoms with van der Waals surface area (Å²) in [4.78, 5) is 31.3. The van der Waals surface area contributed by atoms with Crippen LogP contribution >= 0.6 is 22.7 Å². The monoisotopic (exact) mass is 586 g/mol. The molecule has 0 bridgehead atoms. The lowest BCUT2D eigenvalue weighted by atomic mass is 10.0. The number of carbonyl (C=O) groups is 2. The molecule has 0 aliphatic rings. The first-order valence-electron chi connectivity index (χ1n) is 11.7. The van der Waals surface area contributed by atoms with Crippen LogP contribution in [0.3, 0.4) is 0 Å². The predicted molar refractivity (Wildman–Crippen MR) is 151 cm³/mol. The van der Waals surface area contributed by atoms with Gasteiger partial charge in [-0.15, -0.1) is 22.7 Å². The Kier molecular flexibility index (Phi) is 9.30. The molecule has 2 atom stereocenters. The number of nitrogens with zero attached hydrogens (tertiary/aromatic N) is 1. The Morgan fingerprint density at radius 3 is 2.31 bits per heavy atom. The highest BCUT2D eigenvalue weighted by atomic mass is 32.2. The van der Waals surface area contributed by atoms with Gasteiger partial charge in [-0.3, -0.25) is 14.1 Å². The van der Waals surface area contributed by atoms with Gasteiger partial charge in [0.25, 0.3) is 0 Å². The highest BCUT2D eigenvalue weighted by molar-refractivity contribution is 7.87. The number of benzene rings is 2. The molecule has 0 saturated heterocycles. The maximum atomic E-state index is 13.5. The summed E-state index contributed by atoms with van der Waals surface area (Å²) in [5, 5.41) is 10.3. The van der Waals surface area contributed by atoms with Gasteiger partial charge in [-0.25, -0.2) is 9.78 Å². The molecule has 0 aliphatic heterocycles. The fourth-order valence-electron chi connectivity index (χ4n) is 3.82. The average molecular weight is 587 g/mol. The lowest BCUT2D eigenvalue weighted by Crippen LogP contribution is -2.49. The quantitative estimate of drug-likeness (QED) is 0.190. The van der Waals surface area contributed by atoms with E-state index < -0.39 is 34.4 Å². The maximum Gasteiger partial charge on any atom is 0.407 e. The molecule has 10 nitrogen and oxygen atoms in total. The van der Waals surface area contributed by atoms with Crippen LogP contribution in [-0.2, 0) is 32.7 Å². The Bertz CT molecular complexity index is 1490. The SMILES string of the molecule is COC(=O)NC(Cc1ccccc1)C(=O)N[C@H](Cc1ccc(NS(=O)(=O)O)cc1)c1csc(-c2cccs2)n1. The molecule has 13 heteroatoms. The smallest absolute Gasteiger partial charge is 0.407 e. The lowest BCUT2D eigenvalue weighted by Gasteiger charge is -2.23. The molecular formula is C26H26N4O6S3. The number of hydrogen-bond donors (Lipinski definition) is 4. The van der Waals surface area contributed by atoms with Crippen LogP contribution in [-0.4, -0.2) is 43.1 Å². The van der Waals surface area contributed by atoms with Gasteiger partial charge < -0.3 is 15.4 Å².